The normalized spacial score (nSPS) is 14.4. The molecule has 0 fully saturated rings. The largest absolute Gasteiger partial charge is 0.106 e. The van der Waals surface area contributed by atoms with Crippen molar-refractivity contribution in [3.05, 3.63) is 25.8 Å². The van der Waals surface area contributed by atoms with E-state index >= 15 is 0 Å². The summed E-state index contributed by atoms with van der Waals surface area (Å²) in [5.74, 6) is 2.27. The third kappa shape index (κ3) is 5.17. The Morgan fingerprint density at radius 1 is 1.17 bits per heavy atom. The van der Waals surface area contributed by atoms with Gasteiger partial charge in [-0.25, -0.2) is 0 Å². The van der Waals surface area contributed by atoms with E-state index in [9.17, 15) is 0 Å². The number of allylic oxidation sites excluding steroid dienone is 1. The number of hydrogen-bond acceptors (Lipinski definition) is 0. The van der Waals surface area contributed by atoms with Crippen LogP contribution in [0.5, 0.6) is 0 Å². The van der Waals surface area contributed by atoms with Crippen LogP contribution in [0.4, 0.5) is 0 Å². The van der Waals surface area contributed by atoms with Gasteiger partial charge in [-0.15, -0.1) is 19.7 Å². The predicted molar refractivity (Wildman–Crippen MR) is 59.2 cm³/mol. The third-order valence-electron chi connectivity index (χ3n) is 2.50. The summed E-state index contributed by atoms with van der Waals surface area (Å²) in [5, 5.41) is 0. The Hall–Kier alpha value is -0.520. The number of hydrogen-bond donors (Lipinski definition) is 0. The molecule has 0 heterocycles. The average Bonchev–Trinajstić information content (AvgIpc) is 2.10. The van der Waals surface area contributed by atoms with Gasteiger partial charge in [0.25, 0.3) is 0 Å². The van der Waals surface area contributed by atoms with E-state index in [1.54, 1.807) is 0 Å². The summed E-state index contributed by atoms with van der Waals surface area (Å²) in [4.78, 5) is 0. The van der Waals surface area contributed by atoms with Crippen molar-refractivity contribution in [3.8, 4) is 0 Å². The molecular weight excluding hydrogens is 144 g/mol. The molecule has 12 heavy (non-hydrogen) atoms. The minimum atomic E-state index is 0.708. The van der Waals surface area contributed by atoms with Gasteiger partial charge >= 0.3 is 0 Å². The predicted octanol–water partition coefficient (Wildman–Crippen LogP) is 4.29. The van der Waals surface area contributed by atoms with Gasteiger partial charge < -0.3 is 0 Å². The van der Waals surface area contributed by atoms with Crippen LogP contribution in [-0.4, -0.2) is 0 Å². The van der Waals surface area contributed by atoms with E-state index in [2.05, 4.69) is 53.5 Å². The first-order chi connectivity index (χ1) is 5.63. The van der Waals surface area contributed by atoms with E-state index in [1.165, 1.54) is 6.42 Å². The fourth-order valence-corrected chi connectivity index (χ4v) is 1.25. The molecule has 0 saturated heterocycles. The van der Waals surface area contributed by atoms with Crippen LogP contribution < -0.4 is 0 Å². The van der Waals surface area contributed by atoms with Crippen LogP contribution in [0.25, 0.3) is 0 Å². The molecule has 72 valence electrons. The van der Waals surface area contributed by atoms with Crippen molar-refractivity contribution in [1.82, 2.24) is 0 Å². The monoisotopic (exact) mass is 168 g/mol. The fraction of sp³-hybridized carbons (Fsp3) is 0.667. The van der Waals surface area contributed by atoms with E-state index in [1.807, 2.05) is 0 Å². The molecule has 0 spiro atoms. The lowest BCUT2D eigenvalue weighted by Crippen LogP contribution is -2.13. The second kappa shape index (κ2) is 8.58. The molecule has 0 aliphatic rings. The van der Waals surface area contributed by atoms with Crippen molar-refractivity contribution in [2.24, 2.45) is 17.8 Å². The molecule has 0 aliphatic heterocycles. The van der Waals surface area contributed by atoms with Crippen LogP contribution in [0.2, 0.25) is 0 Å². The average molecular weight is 168 g/mol. The molecule has 0 nitrogen and oxygen atoms in total. The molecule has 0 saturated carbocycles. The first kappa shape index (κ1) is 14.0. The van der Waals surface area contributed by atoms with E-state index in [0.29, 0.717) is 5.92 Å². The maximum atomic E-state index is 3.84. The Morgan fingerprint density at radius 3 is 1.67 bits per heavy atom. The zero-order valence-electron chi connectivity index (χ0n) is 9.14. The highest BCUT2D eigenvalue weighted by Crippen LogP contribution is 2.23. The van der Waals surface area contributed by atoms with Crippen LogP contribution in [0.15, 0.2) is 25.8 Å². The zero-order chi connectivity index (χ0) is 10.1. The minimum absolute atomic E-state index is 0.708. The van der Waals surface area contributed by atoms with E-state index in [0.717, 1.165) is 11.8 Å². The lowest BCUT2D eigenvalue weighted by Gasteiger charge is -2.22. The lowest BCUT2D eigenvalue weighted by molar-refractivity contribution is 0.318. The highest BCUT2D eigenvalue weighted by Gasteiger charge is 2.14. The lowest BCUT2D eigenvalue weighted by atomic mass is 9.83. The van der Waals surface area contributed by atoms with Crippen molar-refractivity contribution in [2.45, 2.75) is 34.1 Å². The Morgan fingerprint density at radius 2 is 1.58 bits per heavy atom. The van der Waals surface area contributed by atoms with Crippen LogP contribution in [-0.2, 0) is 0 Å². The summed E-state index contributed by atoms with van der Waals surface area (Å²) in [6.45, 7) is 18.9. The van der Waals surface area contributed by atoms with E-state index in [4.69, 9.17) is 0 Å². The van der Waals surface area contributed by atoms with Crippen LogP contribution >= 0.6 is 0 Å². The highest BCUT2D eigenvalue weighted by atomic mass is 14.2. The highest BCUT2D eigenvalue weighted by molar-refractivity contribution is 4.82. The molecule has 0 amide bonds. The molecule has 0 aromatic carbocycles. The fourth-order valence-electron chi connectivity index (χ4n) is 1.25. The van der Waals surface area contributed by atoms with E-state index in [-0.39, 0.29) is 0 Å². The van der Waals surface area contributed by atoms with E-state index < -0.39 is 0 Å². The Bertz CT molecular complexity index is 103. The first-order valence-corrected chi connectivity index (χ1v) is 4.76. The van der Waals surface area contributed by atoms with Crippen molar-refractivity contribution >= 4 is 0 Å². The van der Waals surface area contributed by atoms with Crippen LogP contribution in [0.1, 0.15) is 34.1 Å². The Kier molecular flexibility index (Phi) is 10.0. The quantitative estimate of drug-likeness (QED) is 0.549. The molecule has 0 radical (unpaired) electrons. The van der Waals surface area contributed by atoms with Gasteiger partial charge in [-0.2, -0.15) is 0 Å². The molecule has 0 N–H and O–H groups in total. The maximum absolute atomic E-state index is 3.84. The van der Waals surface area contributed by atoms with Crippen molar-refractivity contribution in [2.75, 3.05) is 0 Å². The molecule has 0 heteroatoms. The molecule has 0 aromatic heterocycles. The van der Waals surface area contributed by atoms with Gasteiger partial charge in [0, 0.05) is 0 Å². The first-order valence-electron chi connectivity index (χ1n) is 4.76. The second-order valence-corrected chi connectivity index (χ2v) is 3.41. The molecule has 0 aliphatic carbocycles. The molecular formula is C12H24. The topological polar surface area (TPSA) is 0 Å². The molecule has 0 rings (SSSR count). The summed E-state index contributed by atoms with van der Waals surface area (Å²) < 4.78 is 0. The molecule has 0 aromatic rings. The summed E-state index contributed by atoms with van der Waals surface area (Å²) in [6, 6.07) is 0. The second-order valence-electron chi connectivity index (χ2n) is 3.41. The Balaban J connectivity index is 0. The van der Waals surface area contributed by atoms with Crippen molar-refractivity contribution in [1.29, 1.82) is 0 Å². The van der Waals surface area contributed by atoms with Crippen LogP contribution in [0, 0.1) is 17.8 Å². The van der Waals surface area contributed by atoms with Crippen LogP contribution in [0.3, 0.4) is 0 Å². The molecule has 0 bridgehead atoms. The van der Waals surface area contributed by atoms with Crippen molar-refractivity contribution in [3.63, 3.8) is 0 Å². The Labute approximate surface area is 78.4 Å². The van der Waals surface area contributed by atoms with Gasteiger partial charge in [-0.3, -0.25) is 0 Å². The smallest absolute Gasteiger partial charge is 0.0211 e. The van der Waals surface area contributed by atoms with Gasteiger partial charge in [0.05, 0.1) is 0 Å². The number of rotatable bonds is 4. The third-order valence-corrected chi connectivity index (χ3v) is 2.50. The van der Waals surface area contributed by atoms with Gasteiger partial charge in [-0.1, -0.05) is 33.8 Å². The summed E-state index contributed by atoms with van der Waals surface area (Å²) in [6.07, 6.45) is 3.31. The van der Waals surface area contributed by atoms with Gasteiger partial charge in [0.2, 0.25) is 0 Å². The summed E-state index contributed by atoms with van der Waals surface area (Å²) in [5.41, 5.74) is 0. The standard InChI is InChI=1S/C10H20.C2H4/c1-6-10(7-2)9(5)8(3)4;1-2/h6,8-10H,1,7H2,2-5H3;1-2H2/t9?,10-;/m0./s1. The van der Waals surface area contributed by atoms with Gasteiger partial charge in [0.1, 0.15) is 0 Å². The molecule has 2 atom stereocenters. The van der Waals surface area contributed by atoms with Crippen molar-refractivity contribution < 1.29 is 0 Å². The maximum Gasteiger partial charge on any atom is -0.0211 e. The van der Waals surface area contributed by atoms with Gasteiger partial charge in [0.15, 0.2) is 0 Å². The van der Waals surface area contributed by atoms with Gasteiger partial charge in [-0.05, 0) is 24.2 Å². The summed E-state index contributed by atoms with van der Waals surface area (Å²) >= 11 is 0. The molecule has 1 unspecified atom stereocenters. The minimum Gasteiger partial charge on any atom is -0.106 e. The zero-order valence-corrected chi connectivity index (χ0v) is 9.14. The SMILES string of the molecule is C=C.C=C[C@@H](CC)C(C)C(C)C. The summed E-state index contributed by atoms with van der Waals surface area (Å²) in [7, 11) is 0.